The summed E-state index contributed by atoms with van der Waals surface area (Å²) in [7, 11) is 1.76. The number of carbonyl (C=O) groups excluding carboxylic acids is 1. The fourth-order valence-corrected chi connectivity index (χ4v) is 4.99. The maximum absolute atomic E-state index is 13.4. The molecule has 1 aliphatic heterocycles. The fourth-order valence-electron chi connectivity index (χ4n) is 4.99. The van der Waals surface area contributed by atoms with Gasteiger partial charge in [-0.15, -0.1) is 0 Å². The maximum Gasteiger partial charge on any atom is 0.272 e. The largest absolute Gasteiger partial charge is 0.474 e. The van der Waals surface area contributed by atoms with Crippen molar-refractivity contribution in [2.75, 3.05) is 13.1 Å². The van der Waals surface area contributed by atoms with Gasteiger partial charge in [0, 0.05) is 67.6 Å². The average molecular weight is 502 g/mol. The summed E-state index contributed by atoms with van der Waals surface area (Å²) >= 11 is 0. The predicted molar refractivity (Wildman–Crippen MR) is 134 cm³/mol. The van der Waals surface area contributed by atoms with E-state index in [4.69, 9.17) is 15.5 Å². The van der Waals surface area contributed by atoms with Crippen molar-refractivity contribution in [1.82, 2.24) is 29.4 Å². The van der Waals surface area contributed by atoms with E-state index >= 15 is 0 Å². The Balaban J connectivity index is 1.16. The fraction of sp³-hybridized carbons (Fsp3) is 0.333. The van der Waals surface area contributed by atoms with E-state index in [1.165, 1.54) is 12.1 Å². The topological polar surface area (TPSA) is 104 Å². The van der Waals surface area contributed by atoms with E-state index in [0.29, 0.717) is 36.2 Å². The predicted octanol–water partition coefficient (Wildman–Crippen LogP) is 3.15. The zero-order chi connectivity index (χ0) is 25.9. The molecule has 1 amide bonds. The van der Waals surface area contributed by atoms with Crippen molar-refractivity contribution in [3.05, 3.63) is 78.0 Å². The van der Waals surface area contributed by atoms with Gasteiger partial charge in [-0.25, -0.2) is 14.1 Å². The number of amides is 1. The van der Waals surface area contributed by atoms with Crippen LogP contribution in [-0.4, -0.2) is 54.5 Å². The van der Waals surface area contributed by atoms with E-state index in [1.807, 2.05) is 36.9 Å². The molecule has 37 heavy (non-hydrogen) atoms. The summed E-state index contributed by atoms with van der Waals surface area (Å²) in [4.78, 5) is 19.8. The van der Waals surface area contributed by atoms with Gasteiger partial charge >= 0.3 is 0 Å². The number of rotatable bonds is 6. The number of likely N-dealkylation sites (tertiary alicyclic amines) is 1. The third-order valence-electron chi connectivity index (χ3n) is 7.17. The molecule has 1 aromatic carbocycles. The molecule has 3 atom stereocenters. The van der Waals surface area contributed by atoms with Crippen molar-refractivity contribution in [1.29, 1.82) is 0 Å². The summed E-state index contributed by atoms with van der Waals surface area (Å²) in [6, 6.07) is 13.6. The molecule has 0 radical (unpaired) electrons. The Hall–Kier alpha value is -4.05. The van der Waals surface area contributed by atoms with Crippen LogP contribution in [0.3, 0.4) is 0 Å². The van der Waals surface area contributed by atoms with Crippen LogP contribution in [0.25, 0.3) is 17.1 Å². The monoisotopic (exact) mass is 501 g/mol. The summed E-state index contributed by atoms with van der Waals surface area (Å²) in [5, 5.41) is 8.60. The third-order valence-corrected chi connectivity index (χ3v) is 7.17. The zero-order valence-corrected chi connectivity index (χ0v) is 20.9. The highest BCUT2D eigenvalue weighted by Gasteiger charge is 2.59. The van der Waals surface area contributed by atoms with Crippen molar-refractivity contribution in [3.63, 3.8) is 0 Å². The lowest BCUT2D eigenvalue weighted by Crippen LogP contribution is -2.34. The van der Waals surface area contributed by atoms with Crippen LogP contribution in [0.1, 0.15) is 29.9 Å². The number of hydrogen-bond donors (Lipinski definition) is 1. The molecule has 4 heterocycles. The van der Waals surface area contributed by atoms with Gasteiger partial charge in [-0.2, -0.15) is 10.2 Å². The van der Waals surface area contributed by atoms with Crippen LogP contribution < -0.4 is 10.5 Å². The second kappa shape index (κ2) is 8.52. The molecule has 0 spiro atoms. The molecule has 1 saturated carbocycles. The number of piperidine rings is 1. The molecule has 10 heteroatoms. The number of fused-ring (bicyclic) bond motifs is 1. The van der Waals surface area contributed by atoms with Gasteiger partial charge in [0.25, 0.3) is 5.91 Å². The van der Waals surface area contributed by atoms with Crippen molar-refractivity contribution < 1.29 is 13.9 Å². The minimum absolute atomic E-state index is 0.0140. The van der Waals surface area contributed by atoms with Gasteiger partial charge in [-0.3, -0.25) is 9.48 Å². The molecule has 0 bridgehead atoms. The second-order valence-electron chi connectivity index (χ2n) is 10.4. The lowest BCUT2D eigenvalue weighted by atomic mass is 9.95. The number of carbonyl (C=O) groups is 1. The van der Waals surface area contributed by atoms with Crippen LogP contribution in [0, 0.1) is 17.7 Å². The summed E-state index contributed by atoms with van der Waals surface area (Å²) < 4.78 is 23.0. The highest BCUT2D eigenvalue weighted by atomic mass is 19.1. The first kappa shape index (κ1) is 23.4. The molecule has 190 valence electrons. The van der Waals surface area contributed by atoms with Gasteiger partial charge in [0.15, 0.2) is 5.82 Å². The second-order valence-corrected chi connectivity index (χ2v) is 10.4. The molecule has 0 unspecified atom stereocenters. The lowest BCUT2D eigenvalue weighted by molar-refractivity contribution is 0.0740. The number of aryl methyl sites for hydroxylation is 1. The number of aromatic nitrogens is 5. The first-order valence-corrected chi connectivity index (χ1v) is 12.2. The van der Waals surface area contributed by atoms with Crippen molar-refractivity contribution >= 4 is 5.91 Å². The average Bonchev–Trinajstić information content (AvgIpc) is 3.36. The Morgan fingerprint density at radius 1 is 1.14 bits per heavy atom. The molecule has 2 aliphatic rings. The van der Waals surface area contributed by atoms with E-state index in [2.05, 4.69) is 10.2 Å². The molecule has 2 fully saturated rings. The van der Waals surface area contributed by atoms with Crippen LogP contribution in [0.4, 0.5) is 4.39 Å². The third kappa shape index (κ3) is 4.37. The minimum atomic E-state index is -0.601. The summed E-state index contributed by atoms with van der Waals surface area (Å²) in [5.41, 5.74) is 8.65. The molecule has 4 aromatic rings. The van der Waals surface area contributed by atoms with Gasteiger partial charge < -0.3 is 15.4 Å². The van der Waals surface area contributed by atoms with Gasteiger partial charge in [0.1, 0.15) is 17.6 Å². The van der Waals surface area contributed by atoms with Gasteiger partial charge in [0.2, 0.25) is 5.88 Å². The highest BCUT2D eigenvalue weighted by molar-refractivity contribution is 5.93. The van der Waals surface area contributed by atoms with E-state index < -0.39 is 5.54 Å². The van der Waals surface area contributed by atoms with Gasteiger partial charge in [-0.1, -0.05) is 0 Å². The van der Waals surface area contributed by atoms with E-state index in [9.17, 15) is 9.18 Å². The van der Waals surface area contributed by atoms with Crippen LogP contribution >= 0.6 is 0 Å². The minimum Gasteiger partial charge on any atom is -0.474 e. The quantitative estimate of drug-likeness (QED) is 0.435. The Morgan fingerprint density at radius 2 is 1.86 bits per heavy atom. The number of nitrogens with two attached hydrogens (primary N) is 1. The standard InChI is InChI=1S/C27H28FN7O2/c1-27(2,29)17-11-21(16-5-7-18(28)8-6-16)31-24(12-17)37-25-19-14-34(15-20(19)25)26(36)22-13-23(32-33(22)3)35-10-4-9-30-35/h4-13,19-20,25H,14-15,29H2,1-3H3/t19-,20+,25-. The van der Waals surface area contributed by atoms with Crippen molar-refractivity contribution in [2.24, 2.45) is 24.6 Å². The number of benzene rings is 1. The molecular formula is C27H28FN7O2. The zero-order valence-electron chi connectivity index (χ0n) is 20.9. The highest BCUT2D eigenvalue weighted by Crippen LogP contribution is 2.48. The summed E-state index contributed by atoms with van der Waals surface area (Å²) in [6.45, 7) is 5.07. The Kier molecular flexibility index (Phi) is 5.38. The molecule has 3 aromatic heterocycles. The number of hydrogen-bond acceptors (Lipinski definition) is 6. The van der Waals surface area contributed by atoms with Crippen LogP contribution in [0.2, 0.25) is 0 Å². The van der Waals surface area contributed by atoms with E-state index in [0.717, 1.165) is 11.1 Å². The SMILES string of the molecule is Cn1nc(-n2cccn2)cc1C(=O)N1C[C@@H]2[C@H](C1)[C@@H]2Oc1cc(C(C)(C)N)cc(-c2ccc(F)cc2)n1. The molecule has 9 nitrogen and oxygen atoms in total. The first-order valence-electron chi connectivity index (χ1n) is 12.2. The Morgan fingerprint density at radius 3 is 2.51 bits per heavy atom. The Labute approximate surface area is 213 Å². The first-order chi connectivity index (χ1) is 17.7. The van der Waals surface area contributed by atoms with Crippen LogP contribution in [0.15, 0.2) is 60.9 Å². The normalized spacial score (nSPS) is 20.7. The number of pyridine rings is 1. The van der Waals surface area contributed by atoms with Crippen LogP contribution in [-0.2, 0) is 12.6 Å². The van der Waals surface area contributed by atoms with E-state index in [1.54, 1.807) is 47.0 Å². The lowest BCUT2D eigenvalue weighted by Gasteiger charge is -2.22. The Bertz CT molecular complexity index is 1450. The van der Waals surface area contributed by atoms with Crippen LogP contribution in [0.5, 0.6) is 5.88 Å². The molecule has 1 saturated heterocycles. The molecule has 2 N–H and O–H groups in total. The number of halogens is 1. The molecular weight excluding hydrogens is 473 g/mol. The summed E-state index contributed by atoms with van der Waals surface area (Å²) in [6.07, 6.45) is 3.45. The number of ether oxygens (including phenoxy) is 1. The van der Waals surface area contributed by atoms with Crippen molar-refractivity contribution in [2.45, 2.75) is 25.5 Å². The number of nitrogens with zero attached hydrogens (tertiary/aromatic N) is 6. The maximum atomic E-state index is 13.4. The van der Waals surface area contributed by atoms with Gasteiger partial charge in [-0.05, 0) is 55.8 Å². The molecule has 1 aliphatic carbocycles. The van der Waals surface area contributed by atoms with Gasteiger partial charge in [0.05, 0.1) is 5.69 Å². The van der Waals surface area contributed by atoms with E-state index in [-0.39, 0.29) is 29.7 Å². The smallest absolute Gasteiger partial charge is 0.272 e. The van der Waals surface area contributed by atoms with Crippen molar-refractivity contribution in [3.8, 4) is 23.0 Å². The molecule has 6 rings (SSSR count). The summed E-state index contributed by atoms with van der Waals surface area (Å²) in [5.74, 6) is 1.23.